The second-order valence-electron chi connectivity index (χ2n) is 5.05. The molecule has 0 bridgehead atoms. The zero-order valence-corrected chi connectivity index (χ0v) is 13.1. The van der Waals surface area contributed by atoms with Gasteiger partial charge in [0.2, 0.25) is 8.87 Å². The van der Waals surface area contributed by atoms with Gasteiger partial charge in [-0.15, -0.1) is 0 Å². The average molecular weight is 290 g/mol. The summed E-state index contributed by atoms with van der Waals surface area (Å²) < 4.78 is 33.8. The Morgan fingerprint density at radius 2 is 1.40 bits per heavy atom. The Hall–Kier alpha value is 0.800. The van der Waals surface area contributed by atoms with Crippen LogP contribution >= 0.6 is 19.7 Å². The number of hydrogen-bond acceptors (Lipinski definition) is 5. The highest BCUT2D eigenvalue weighted by Crippen LogP contribution is 2.41. The van der Waals surface area contributed by atoms with Gasteiger partial charge in [0.05, 0.1) is 24.4 Å². The van der Waals surface area contributed by atoms with Gasteiger partial charge < -0.3 is 0 Å². The Labute approximate surface area is 102 Å². The summed E-state index contributed by atoms with van der Waals surface area (Å²) in [5.41, 5.74) is 0. The SMILES string of the molecule is CC(C)(C)S(=O)SSS(=O)(=O)C(C)(C)C. The molecule has 0 N–H and O–H groups in total. The molecule has 0 saturated heterocycles. The second-order valence-corrected chi connectivity index (χ2v) is 14.6. The van der Waals surface area contributed by atoms with Gasteiger partial charge in [-0.25, -0.2) is 12.6 Å². The van der Waals surface area contributed by atoms with E-state index in [9.17, 15) is 12.6 Å². The molecule has 92 valence electrons. The summed E-state index contributed by atoms with van der Waals surface area (Å²) in [4.78, 5) is 0. The first-order valence-electron chi connectivity index (χ1n) is 4.41. The second kappa shape index (κ2) is 4.98. The molecule has 0 spiro atoms. The first-order valence-corrected chi connectivity index (χ1v) is 10.2. The molecule has 0 aromatic rings. The highest BCUT2D eigenvalue weighted by Gasteiger charge is 2.32. The van der Waals surface area contributed by atoms with E-state index in [2.05, 4.69) is 0 Å². The molecule has 0 heterocycles. The van der Waals surface area contributed by atoms with Crippen LogP contribution in [0.4, 0.5) is 0 Å². The Morgan fingerprint density at radius 1 is 1.00 bits per heavy atom. The van der Waals surface area contributed by atoms with Gasteiger partial charge in [0, 0.05) is 14.6 Å². The van der Waals surface area contributed by atoms with Crippen molar-refractivity contribution < 1.29 is 12.6 Å². The van der Waals surface area contributed by atoms with E-state index >= 15 is 0 Å². The minimum absolute atomic E-state index is 0.398. The molecule has 0 radical (unpaired) electrons. The summed E-state index contributed by atoms with van der Waals surface area (Å²) in [6.07, 6.45) is 0. The Morgan fingerprint density at radius 3 is 1.67 bits per heavy atom. The van der Waals surface area contributed by atoms with Gasteiger partial charge in [-0.1, -0.05) is 0 Å². The highest BCUT2D eigenvalue weighted by atomic mass is 33.7. The van der Waals surface area contributed by atoms with Gasteiger partial charge in [-0.3, -0.25) is 0 Å². The molecule has 0 aromatic carbocycles. The lowest BCUT2D eigenvalue weighted by Gasteiger charge is -2.20. The topological polar surface area (TPSA) is 51.2 Å². The van der Waals surface area contributed by atoms with Gasteiger partial charge in [-0.05, 0) is 41.5 Å². The molecule has 7 heteroatoms. The van der Waals surface area contributed by atoms with E-state index in [0.29, 0.717) is 9.83 Å². The summed E-state index contributed by atoms with van der Waals surface area (Å²) in [5, 5.41) is 0. The van der Waals surface area contributed by atoms with Crippen LogP contribution in [0.25, 0.3) is 0 Å². The maximum absolute atomic E-state index is 11.7. The quantitative estimate of drug-likeness (QED) is 0.748. The van der Waals surface area contributed by atoms with Crippen LogP contribution in [0.3, 0.4) is 0 Å². The molecular formula is C8H18O3S4. The summed E-state index contributed by atoms with van der Waals surface area (Å²) in [6, 6.07) is 0. The highest BCUT2D eigenvalue weighted by molar-refractivity contribution is 9.22. The van der Waals surface area contributed by atoms with Crippen LogP contribution in [0.5, 0.6) is 0 Å². The van der Waals surface area contributed by atoms with E-state index in [1.54, 1.807) is 20.8 Å². The third-order valence-corrected chi connectivity index (χ3v) is 13.1. The van der Waals surface area contributed by atoms with Gasteiger partial charge in [0.1, 0.15) is 0 Å². The van der Waals surface area contributed by atoms with Crippen molar-refractivity contribution >= 4 is 38.4 Å². The van der Waals surface area contributed by atoms with Crippen molar-refractivity contribution in [3.05, 3.63) is 0 Å². The van der Waals surface area contributed by atoms with Crippen molar-refractivity contribution in [3.8, 4) is 0 Å². The molecule has 0 amide bonds. The number of rotatable bonds is 3. The lowest BCUT2D eigenvalue weighted by molar-refractivity contribution is 0.577. The monoisotopic (exact) mass is 290 g/mol. The van der Waals surface area contributed by atoms with Crippen molar-refractivity contribution in [2.75, 3.05) is 0 Å². The molecule has 15 heavy (non-hydrogen) atoms. The fourth-order valence-electron chi connectivity index (χ4n) is 0.266. The molecule has 0 aliphatic rings. The largest absolute Gasteiger partial charge is 0.247 e. The van der Waals surface area contributed by atoms with E-state index in [1.807, 2.05) is 20.8 Å². The average Bonchev–Trinajstić information content (AvgIpc) is 1.96. The van der Waals surface area contributed by atoms with E-state index in [0.717, 1.165) is 9.83 Å². The first-order chi connectivity index (χ1) is 6.38. The Bertz CT molecular complexity index is 332. The smallest absolute Gasteiger partial charge is 0.217 e. The van der Waals surface area contributed by atoms with E-state index in [1.165, 1.54) is 0 Å². The summed E-state index contributed by atoms with van der Waals surface area (Å²) >= 11 is 0. The van der Waals surface area contributed by atoms with Gasteiger partial charge in [0.15, 0.2) is 0 Å². The summed E-state index contributed by atoms with van der Waals surface area (Å²) in [7, 11) is -2.86. The Balaban J connectivity index is 4.51. The molecule has 0 aromatic heterocycles. The van der Waals surface area contributed by atoms with Crippen molar-refractivity contribution in [2.45, 2.75) is 51.0 Å². The number of hydrogen-bond donors (Lipinski definition) is 0. The van der Waals surface area contributed by atoms with E-state index in [-0.39, 0.29) is 0 Å². The molecule has 0 fully saturated rings. The van der Waals surface area contributed by atoms with Gasteiger partial charge >= 0.3 is 0 Å². The van der Waals surface area contributed by atoms with E-state index in [4.69, 9.17) is 0 Å². The maximum atomic E-state index is 11.7. The Kier molecular flexibility index (Phi) is 5.24. The summed E-state index contributed by atoms with van der Waals surface area (Å²) in [6.45, 7) is 10.4. The molecule has 1 atom stereocenters. The fourth-order valence-corrected chi connectivity index (χ4v) is 10.5. The van der Waals surface area contributed by atoms with Crippen molar-refractivity contribution in [3.63, 3.8) is 0 Å². The fraction of sp³-hybridized carbons (Fsp3) is 1.00. The van der Waals surface area contributed by atoms with Gasteiger partial charge in [-0.2, -0.15) is 0 Å². The van der Waals surface area contributed by atoms with Gasteiger partial charge in [0.25, 0.3) is 0 Å². The van der Waals surface area contributed by atoms with E-state index < -0.39 is 28.2 Å². The lowest BCUT2D eigenvalue weighted by Crippen LogP contribution is -2.25. The molecule has 1 unspecified atom stereocenters. The van der Waals surface area contributed by atoms with Crippen LogP contribution in [0.15, 0.2) is 0 Å². The van der Waals surface area contributed by atoms with Crippen molar-refractivity contribution in [1.29, 1.82) is 0 Å². The molecule has 0 aliphatic heterocycles. The standard InChI is InChI=1S/C8H18O3S4/c1-7(2,3)14(9)12-13-15(10,11)8(4,5)6/h1-6H3. The van der Waals surface area contributed by atoms with Crippen molar-refractivity contribution in [1.82, 2.24) is 0 Å². The molecule has 0 saturated carbocycles. The normalized spacial score (nSPS) is 16.4. The third kappa shape index (κ3) is 5.10. The van der Waals surface area contributed by atoms with Crippen LogP contribution in [0.1, 0.15) is 41.5 Å². The van der Waals surface area contributed by atoms with Crippen LogP contribution in [0, 0.1) is 0 Å². The third-order valence-electron chi connectivity index (χ3n) is 1.43. The predicted octanol–water partition coefficient (Wildman–Crippen LogP) is 2.96. The van der Waals surface area contributed by atoms with Crippen LogP contribution in [-0.4, -0.2) is 22.1 Å². The van der Waals surface area contributed by atoms with Crippen LogP contribution in [-0.2, 0) is 18.7 Å². The van der Waals surface area contributed by atoms with Crippen LogP contribution < -0.4 is 0 Å². The minimum atomic E-state index is -3.27. The molecular weight excluding hydrogens is 272 g/mol. The molecule has 3 nitrogen and oxygen atoms in total. The van der Waals surface area contributed by atoms with Crippen LogP contribution in [0.2, 0.25) is 0 Å². The zero-order valence-electron chi connectivity index (χ0n) is 9.86. The van der Waals surface area contributed by atoms with Crippen molar-refractivity contribution in [2.24, 2.45) is 0 Å². The molecule has 0 aliphatic carbocycles. The zero-order chi connectivity index (χ0) is 12.5. The minimum Gasteiger partial charge on any atom is -0.247 e. The predicted molar refractivity (Wildman–Crippen MR) is 71.8 cm³/mol. The maximum Gasteiger partial charge on any atom is 0.217 e. The first kappa shape index (κ1) is 15.8. The summed E-state index contributed by atoms with van der Waals surface area (Å²) in [5.74, 6) is 0. The lowest BCUT2D eigenvalue weighted by atomic mass is 10.3. The molecule has 0 rings (SSSR count).